The minimum absolute atomic E-state index is 0.726. The van der Waals surface area contributed by atoms with Crippen LogP contribution in [-0.2, 0) is 0 Å². The van der Waals surface area contributed by atoms with Crippen LogP contribution in [0.5, 0.6) is 0 Å². The van der Waals surface area contributed by atoms with Crippen LogP contribution in [0.25, 0.3) is 55.0 Å². The second-order valence-electron chi connectivity index (χ2n) is 6.44. The van der Waals surface area contributed by atoms with Gasteiger partial charge in [0, 0.05) is 21.7 Å². The molecule has 5 aromatic rings. The van der Waals surface area contributed by atoms with Gasteiger partial charge in [0.25, 0.3) is 0 Å². The van der Waals surface area contributed by atoms with Gasteiger partial charge in [0.1, 0.15) is 19.0 Å². The zero-order chi connectivity index (χ0) is 15.8. The van der Waals surface area contributed by atoms with Crippen LogP contribution in [0.4, 0.5) is 0 Å². The van der Waals surface area contributed by atoms with Crippen molar-refractivity contribution >= 4 is 46.0 Å². The Labute approximate surface area is 139 Å². The lowest BCUT2D eigenvalue weighted by Gasteiger charge is -2.03. The van der Waals surface area contributed by atoms with Crippen molar-refractivity contribution in [3.63, 3.8) is 0 Å². The van der Waals surface area contributed by atoms with E-state index in [2.05, 4.69) is 54.6 Å². The molecule has 0 amide bonds. The first-order valence-corrected chi connectivity index (χ1v) is 8.08. The van der Waals surface area contributed by atoms with Crippen LogP contribution < -0.4 is 5.46 Å². The summed E-state index contributed by atoms with van der Waals surface area (Å²) >= 11 is 0. The highest BCUT2D eigenvalue weighted by molar-refractivity contribution is 6.34. The quantitative estimate of drug-likeness (QED) is 0.352. The SMILES string of the molecule is [B]c1ccc2c(c1)oc1c3c4c(cccc4cc12)-c1ccccc1-3. The maximum atomic E-state index is 6.27. The van der Waals surface area contributed by atoms with Gasteiger partial charge < -0.3 is 4.42 Å². The van der Waals surface area contributed by atoms with Gasteiger partial charge in [0.05, 0.1) is 0 Å². The molecule has 2 heteroatoms. The molecule has 1 heterocycles. The molecule has 1 aliphatic carbocycles. The van der Waals surface area contributed by atoms with Gasteiger partial charge in [0.2, 0.25) is 0 Å². The topological polar surface area (TPSA) is 13.1 Å². The van der Waals surface area contributed by atoms with Crippen LogP contribution in [0.1, 0.15) is 0 Å². The standard InChI is InChI=1S/C22H11BO/c23-13-8-9-15-18-10-12-4-3-7-16-14-5-1-2-6-17(14)21(20(12)16)22(18)24-19(15)11-13/h1-11H. The fourth-order valence-electron chi connectivity index (χ4n) is 4.12. The first-order chi connectivity index (χ1) is 11.8. The number of rotatable bonds is 0. The lowest BCUT2D eigenvalue weighted by molar-refractivity contribution is 0.671. The number of benzene rings is 4. The summed E-state index contributed by atoms with van der Waals surface area (Å²) in [5.74, 6) is 0. The largest absolute Gasteiger partial charge is 0.455 e. The monoisotopic (exact) mass is 302 g/mol. The van der Waals surface area contributed by atoms with Crippen molar-refractivity contribution in [2.45, 2.75) is 0 Å². The summed E-state index contributed by atoms with van der Waals surface area (Å²) in [4.78, 5) is 0. The highest BCUT2D eigenvalue weighted by Crippen LogP contribution is 2.51. The van der Waals surface area contributed by atoms with Crippen LogP contribution in [0.3, 0.4) is 0 Å². The maximum Gasteiger partial charge on any atom is 0.143 e. The molecule has 2 radical (unpaired) electrons. The Hall–Kier alpha value is -3.00. The molecule has 0 fully saturated rings. The van der Waals surface area contributed by atoms with Gasteiger partial charge in [-0.1, -0.05) is 60.1 Å². The molecule has 24 heavy (non-hydrogen) atoms. The Morgan fingerprint density at radius 1 is 0.708 bits per heavy atom. The van der Waals surface area contributed by atoms with E-state index in [-0.39, 0.29) is 0 Å². The van der Waals surface area contributed by atoms with Crippen molar-refractivity contribution in [2.24, 2.45) is 0 Å². The first-order valence-electron chi connectivity index (χ1n) is 8.08. The number of fused-ring (bicyclic) bond motifs is 7. The number of hydrogen-bond acceptors (Lipinski definition) is 1. The van der Waals surface area contributed by atoms with Crippen LogP contribution in [0, 0.1) is 0 Å². The van der Waals surface area contributed by atoms with E-state index < -0.39 is 0 Å². The average Bonchev–Trinajstić information content (AvgIpc) is 3.12. The van der Waals surface area contributed by atoms with Crippen LogP contribution in [0.2, 0.25) is 0 Å². The average molecular weight is 302 g/mol. The Balaban J connectivity index is 1.94. The van der Waals surface area contributed by atoms with E-state index in [1.54, 1.807) is 0 Å². The molecule has 1 aliphatic rings. The predicted molar refractivity (Wildman–Crippen MR) is 101 cm³/mol. The van der Waals surface area contributed by atoms with E-state index in [4.69, 9.17) is 12.3 Å². The minimum Gasteiger partial charge on any atom is -0.455 e. The summed E-state index contributed by atoms with van der Waals surface area (Å²) in [5.41, 5.74) is 7.57. The van der Waals surface area contributed by atoms with Crippen LogP contribution in [-0.4, -0.2) is 7.85 Å². The molecule has 1 nitrogen and oxygen atoms in total. The van der Waals surface area contributed by atoms with Crippen LogP contribution >= 0.6 is 0 Å². The van der Waals surface area contributed by atoms with Crippen molar-refractivity contribution in [1.29, 1.82) is 0 Å². The van der Waals surface area contributed by atoms with Gasteiger partial charge in [-0.2, -0.15) is 0 Å². The summed E-state index contributed by atoms with van der Waals surface area (Å²) in [6.45, 7) is 0. The molecular formula is C22H11BO. The smallest absolute Gasteiger partial charge is 0.143 e. The highest BCUT2D eigenvalue weighted by Gasteiger charge is 2.25. The molecule has 0 unspecified atom stereocenters. The highest BCUT2D eigenvalue weighted by atomic mass is 16.3. The number of furan rings is 1. The molecule has 0 N–H and O–H groups in total. The zero-order valence-corrected chi connectivity index (χ0v) is 12.8. The molecule has 4 aromatic carbocycles. The molecule has 6 rings (SSSR count). The summed E-state index contributed by atoms with van der Waals surface area (Å²) in [7, 11) is 5.94. The van der Waals surface area contributed by atoms with Gasteiger partial charge in [0.15, 0.2) is 0 Å². The zero-order valence-electron chi connectivity index (χ0n) is 12.8. The van der Waals surface area contributed by atoms with E-state index in [9.17, 15) is 0 Å². The van der Waals surface area contributed by atoms with Crippen LogP contribution in [0.15, 0.2) is 71.1 Å². The fraction of sp³-hybridized carbons (Fsp3) is 0. The summed E-state index contributed by atoms with van der Waals surface area (Å²) in [5, 5.41) is 4.82. The minimum atomic E-state index is 0.726. The van der Waals surface area contributed by atoms with Crippen molar-refractivity contribution in [3.8, 4) is 22.3 Å². The van der Waals surface area contributed by atoms with E-state index >= 15 is 0 Å². The molecule has 0 atom stereocenters. The van der Waals surface area contributed by atoms with Crippen molar-refractivity contribution in [1.82, 2.24) is 0 Å². The van der Waals surface area contributed by atoms with Crippen molar-refractivity contribution in [3.05, 3.63) is 66.7 Å². The summed E-state index contributed by atoms with van der Waals surface area (Å²) in [6, 6.07) is 23.2. The number of hydrogen-bond donors (Lipinski definition) is 0. The molecule has 108 valence electrons. The van der Waals surface area contributed by atoms with Crippen molar-refractivity contribution in [2.75, 3.05) is 0 Å². The van der Waals surface area contributed by atoms with Gasteiger partial charge in [-0.3, -0.25) is 0 Å². The van der Waals surface area contributed by atoms with Gasteiger partial charge in [-0.15, -0.1) is 0 Å². The lowest BCUT2D eigenvalue weighted by Crippen LogP contribution is -1.98. The molecule has 0 bridgehead atoms. The third-order valence-corrected chi connectivity index (χ3v) is 5.11. The van der Waals surface area contributed by atoms with Gasteiger partial charge in [-0.05, 0) is 34.2 Å². The molecule has 1 aromatic heterocycles. The second-order valence-corrected chi connectivity index (χ2v) is 6.44. The predicted octanol–water partition coefficient (Wildman–Crippen LogP) is 5.18. The Bertz CT molecular complexity index is 1310. The van der Waals surface area contributed by atoms with E-state index in [1.807, 2.05) is 12.1 Å². The lowest BCUT2D eigenvalue weighted by atomic mass is 9.94. The molecular weight excluding hydrogens is 291 g/mol. The summed E-state index contributed by atoms with van der Waals surface area (Å²) in [6.07, 6.45) is 0. The van der Waals surface area contributed by atoms with E-state index in [1.165, 1.54) is 33.0 Å². The van der Waals surface area contributed by atoms with Gasteiger partial charge >= 0.3 is 0 Å². The van der Waals surface area contributed by atoms with Gasteiger partial charge in [-0.25, -0.2) is 0 Å². The normalized spacial score (nSPS) is 12.3. The Kier molecular flexibility index (Phi) is 2.12. The third-order valence-electron chi connectivity index (χ3n) is 5.11. The molecule has 0 saturated carbocycles. The van der Waals surface area contributed by atoms with E-state index in [0.717, 1.165) is 27.4 Å². The van der Waals surface area contributed by atoms with E-state index in [0.29, 0.717) is 0 Å². The first kappa shape index (κ1) is 12.4. The van der Waals surface area contributed by atoms with Crippen molar-refractivity contribution < 1.29 is 4.42 Å². The third kappa shape index (κ3) is 1.37. The fourth-order valence-corrected chi connectivity index (χ4v) is 4.12. The molecule has 0 saturated heterocycles. The summed E-state index contributed by atoms with van der Waals surface area (Å²) < 4.78 is 6.27. The Morgan fingerprint density at radius 2 is 1.54 bits per heavy atom. The molecule has 0 spiro atoms. The Morgan fingerprint density at radius 3 is 2.46 bits per heavy atom. The second kappa shape index (κ2) is 4.10. The molecule has 0 aliphatic heterocycles. The maximum absolute atomic E-state index is 6.27.